The molecule has 0 saturated heterocycles. The molecule has 4 rings (SSSR count). The van der Waals surface area contributed by atoms with Gasteiger partial charge in [0.05, 0.1) is 18.0 Å². The Hall–Kier alpha value is -0.700. The molecule has 0 aromatic carbocycles. The molecule has 4 aliphatic carbocycles. The molecular weight excluding hydrogens is 454 g/mol. The van der Waals surface area contributed by atoms with E-state index in [9.17, 15) is 23.4 Å². The molecule has 0 spiro atoms. The van der Waals surface area contributed by atoms with Crippen LogP contribution in [0.5, 0.6) is 0 Å². The predicted molar refractivity (Wildman–Crippen MR) is 130 cm³/mol. The van der Waals surface area contributed by atoms with Crippen molar-refractivity contribution < 1.29 is 28.0 Å². The summed E-state index contributed by atoms with van der Waals surface area (Å²) in [6.45, 7) is 6.86. The lowest BCUT2D eigenvalue weighted by Crippen LogP contribution is -2.58. The quantitative estimate of drug-likeness (QED) is 0.398. The van der Waals surface area contributed by atoms with Gasteiger partial charge in [-0.2, -0.15) is 8.42 Å². The number of aliphatic hydroxyl groups is 2. The van der Waals surface area contributed by atoms with Crippen LogP contribution in [0.1, 0.15) is 85.0 Å². The Kier molecular flexibility index (Phi) is 7.47. The fraction of sp³-hybridized carbons (Fsp3) is 0.962. The van der Waals surface area contributed by atoms with E-state index >= 15 is 0 Å². The number of fused-ring (bicyclic) bond motifs is 5. The smallest absolute Gasteiger partial charge is 0.266 e. The van der Waals surface area contributed by atoms with Crippen LogP contribution >= 0.6 is 0 Å². The van der Waals surface area contributed by atoms with Crippen molar-refractivity contribution in [1.29, 1.82) is 0 Å². The number of carbonyl (C=O) groups excluding carboxylic acids is 1. The molecule has 4 fully saturated rings. The Bertz CT molecular complexity index is 863. The van der Waals surface area contributed by atoms with E-state index in [2.05, 4.69) is 26.1 Å². The summed E-state index contributed by atoms with van der Waals surface area (Å²) in [5, 5.41) is 24.5. The van der Waals surface area contributed by atoms with Crippen molar-refractivity contribution in [3.63, 3.8) is 0 Å². The molecule has 34 heavy (non-hydrogen) atoms. The summed E-state index contributed by atoms with van der Waals surface area (Å²) in [6, 6.07) is 0. The van der Waals surface area contributed by atoms with E-state index in [4.69, 9.17) is 4.55 Å². The number of amides is 1. The van der Waals surface area contributed by atoms with E-state index in [0.29, 0.717) is 48.3 Å². The Morgan fingerprint density at radius 3 is 2.50 bits per heavy atom. The van der Waals surface area contributed by atoms with Gasteiger partial charge in [-0.3, -0.25) is 9.35 Å². The molecule has 10 atom stereocenters. The monoisotopic (exact) mass is 499 g/mol. The second kappa shape index (κ2) is 9.64. The summed E-state index contributed by atoms with van der Waals surface area (Å²) >= 11 is 0. The Labute approximate surface area is 205 Å². The molecule has 4 N–H and O–H groups in total. The summed E-state index contributed by atoms with van der Waals surface area (Å²) in [7, 11) is -4.07. The second-order valence-corrected chi connectivity index (χ2v) is 14.1. The van der Waals surface area contributed by atoms with E-state index < -0.39 is 15.9 Å². The Balaban J connectivity index is 1.40. The van der Waals surface area contributed by atoms with Gasteiger partial charge in [0.25, 0.3) is 10.1 Å². The van der Waals surface area contributed by atoms with Crippen LogP contribution in [0.2, 0.25) is 0 Å². The van der Waals surface area contributed by atoms with Gasteiger partial charge in [-0.15, -0.1) is 0 Å². The highest BCUT2D eigenvalue weighted by molar-refractivity contribution is 7.85. The predicted octanol–water partition coefficient (Wildman–Crippen LogP) is 3.40. The number of carbonyl (C=O) groups is 1. The summed E-state index contributed by atoms with van der Waals surface area (Å²) in [4.78, 5) is 12.2. The van der Waals surface area contributed by atoms with Crippen molar-refractivity contribution in [2.45, 2.75) is 97.2 Å². The molecule has 1 amide bonds. The lowest BCUT2D eigenvalue weighted by atomic mass is 9.43. The lowest BCUT2D eigenvalue weighted by molar-refractivity contribution is -0.174. The third-order valence-electron chi connectivity index (χ3n) is 11.0. The van der Waals surface area contributed by atoms with Crippen molar-refractivity contribution in [3.8, 4) is 0 Å². The van der Waals surface area contributed by atoms with Crippen LogP contribution in [0.15, 0.2) is 0 Å². The van der Waals surface area contributed by atoms with Crippen LogP contribution < -0.4 is 5.32 Å². The van der Waals surface area contributed by atoms with Crippen LogP contribution in [-0.4, -0.2) is 53.6 Å². The van der Waals surface area contributed by atoms with E-state index in [-0.39, 0.29) is 35.5 Å². The van der Waals surface area contributed by atoms with Gasteiger partial charge >= 0.3 is 0 Å². The summed E-state index contributed by atoms with van der Waals surface area (Å²) in [5.74, 6) is 2.28. The average Bonchev–Trinajstić information content (AvgIpc) is 3.11. The standard InChI is InChI=1S/C26H45NO6S/c1-16(4-9-24(30)27-12-13-34(31,32)33)20-7-8-21-19-6-5-17-14-18(28)10-11-25(17,2)22(19)15-23(29)26(20,21)3/h16-23,28-29H,4-15H2,1-3H3,(H,27,30)(H,31,32,33)/t16-,17-,18-,19?,20-,21?,22?,23+,25+,26-/m1/s1. The average molecular weight is 500 g/mol. The molecule has 8 heteroatoms. The number of nitrogens with one attached hydrogen (secondary N) is 1. The van der Waals surface area contributed by atoms with E-state index in [0.717, 1.165) is 38.5 Å². The first-order valence-electron chi connectivity index (χ1n) is 13.4. The SMILES string of the molecule is C[C@H](CCC(=O)NCCS(=O)(=O)O)[C@H]1CCC2C3CC[C@@H]4C[C@H](O)CC[C@]4(C)C3C[C@H](O)[C@@]21C. The zero-order chi connectivity index (χ0) is 24.9. The molecular formula is C26H45NO6S. The minimum absolute atomic E-state index is 0.0756. The first kappa shape index (κ1) is 26.4. The van der Waals surface area contributed by atoms with Crippen LogP contribution in [0.4, 0.5) is 0 Å². The van der Waals surface area contributed by atoms with Crippen molar-refractivity contribution in [2.75, 3.05) is 12.3 Å². The van der Waals surface area contributed by atoms with Crippen LogP contribution in [0.25, 0.3) is 0 Å². The maximum atomic E-state index is 12.2. The van der Waals surface area contributed by atoms with Crippen molar-refractivity contribution in [2.24, 2.45) is 46.3 Å². The normalized spacial score (nSPS) is 45.1. The zero-order valence-corrected chi connectivity index (χ0v) is 21.9. The van der Waals surface area contributed by atoms with Crippen LogP contribution in [0.3, 0.4) is 0 Å². The third-order valence-corrected chi connectivity index (χ3v) is 11.7. The van der Waals surface area contributed by atoms with Gasteiger partial charge in [0.2, 0.25) is 5.91 Å². The molecule has 0 aromatic rings. The van der Waals surface area contributed by atoms with Gasteiger partial charge in [0.1, 0.15) is 0 Å². The second-order valence-electron chi connectivity index (χ2n) is 12.5. The Morgan fingerprint density at radius 1 is 1.06 bits per heavy atom. The van der Waals surface area contributed by atoms with Gasteiger partial charge in [-0.1, -0.05) is 20.8 Å². The highest BCUT2D eigenvalue weighted by atomic mass is 32.2. The van der Waals surface area contributed by atoms with Gasteiger partial charge in [0, 0.05) is 13.0 Å². The lowest BCUT2D eigenvalue weighted by Gasteiger charge is -2.62. The maximum absolute atomic E-state index is 12.2. The molecule has 4 saturated carbocycles. The topological polar surface area (TPSA) is 124 Å². The minimum atomic E-state index is -4.07. The molecule has 4 aliphatic rings. The number of hydrogen-bond acceptors (Lipinski definition) is 5. The fourth-order valence-corrected chi connectivity index (χ4v) is 9.49. The van der Waals surface area contributed by atoms with E-state index in [1.54, 1.807) is 0 Å². The molecule has 196 valence electrons. The van der Waals surface area contributed by atoms with Crippen molar-refractivity contribution >= 4 is 16.0 Å². The number of hydrogen-bond donors (Lipinski definition) is 4. The number of aliphatic hydroxyl groups excluding tert-OH is 2. The van der Waals surface area contributed by atoms with Gasteiger partial charge in [0.15, 0.2) is 0 Å². The molecule has 7 nitrogen and oxygen atoms in total. The molecule has 0 heterocycles. The number of rotatable bonds is 7. The summed E-state index contributed by atoms with van der Waals surface area (Å²) in [5.41, 5.74) is 0.105. The highest BCUT2D eigenvalue weighted by Crippen LogP contribution is 2.68. The van der Waals surface area contributed by atoms with Gasteiger partial charge in [-0.05, 0) is 104 Å². The molecule has 0 radical (unpaired) electrons. The fourth-order valence-electron chi connectivity index (χ4n) is 9.13. The third kappa shape index (κ3) is 4.81. The van der Waals surface area contributed by atoms with Crippen LogP contribution in [-0.2, 0) is 14.9 Å². The van der Waals surface area contributed by atoms with Gasteiger partial charge in [-0.25, -0.2) is 0 Å². The zero-order valence-electron chi connectivity index (χ0n) is 21.1. The highest BCUT2D eigenvalue weighted by Gasteiger charge is 2.63. The van der Waals surface area contributed by atoms with E-state index in [1.165, 1.54) is 12.8 Å². The molecule has 0 bridgehead atoms. The first-order chi connectivity index (χ1) is 15.9. The summed E-state index contributed by atoms with van der Waals surface area (Å²) < 4.78 is 30.5. The van der Waals surface area contributed by atoms with Gasteiger partial charge < -0.3 is 15.5 Å². The molecule has 0 aliphatic heterocycles. The molecule has 3 unspecified atom stereocenters. The Morgan fingerprint density at radius 2 is 1.79 bits per heavy atom. The van der Waals surface area contributed by atoms with Crippen LogP contribution in [0, 0.1) is 46.3 Å². The van der Waals surface area contributed by atoms with E-state index in [1.807, 2.05) is 0 Å². The van der Waals surface area contributed by atoms with Crippen molar-refractivity contribution in [1.82, 2.24) is 5.32 Å². The first-order valence-corrected chi connectivity index (χ1v) is 15.0. The molecule has 0 aromatic heterocycles. The summed E-state index contributed by atoms with van der Waals surface area (Å²) in [6.07, 6.45) is 8.93. The van der Waals surface area contributed by atoms with Crippen molar-refractivity contribution in [3.05, 3.63) is 0 Å². The maximum Gasteiger partial charge on any atom is 0.266 e. The minimum Gasteiger partial charge on any atom is -0.393 e. The largest absolute Gasteiger partial charge is 0.393 e.